The van der Waals surface area contributed by atoms with E-state index in [1.807, 2.05) is 13.8 Å². The lowest BCUT2D eigenvalue weighted by molar-refractivity contribution is -0.121. The van der Waals surface area contributed by atoms with Crippen molar-refractivity contribution >= 4 is 40.2 Å². The molecule has 0 heterocycles. The van der Waals surface area contributed by atoms with E-state index in [1.54, 1.807) is 0 Å². The maximum Gasteiger partial charge on any atom is 0.252 e. The molecule has 8 heteroatoms. The summed E-state index contributed by atoms with van der Waals surface area (Å²) in [6, 6.07) is 4.09. The van der Waals surface area contributed by atoms with Gasteiger partial charge in [-0.1, -0.05) is 6.92 Å². The van der Waals surface area contributed by atoms with Crippen LogP contribution < -0.4 is 16.0 Å². The van der Waals surface area contributed by atoms with Gasteiger partial charge in [0.2, 0.25) is 5.91 Å². The molecule has 0 fully saturated rings. The molecule has 1 atom stereocenters. The number of carbonyl (C=O) groups is 2. The normalized spacial score (nSPS) is 11.3. The second kappa shape index (κ2) is 11.4. The highest BCUT2D eigenvalue weighted by Gasteiger charge is 2.11. The number of nitrogens with one attached hydrogen (secondary N) is 3. The Morgan fingerprint density at radius 2 is 2.00 bits per heavy atom. The smallest absolute Gasteiger partial charge is 0.252 e. The van der Waals surface area contributed by atoms with Crippen LogP contribution in [0.3, 0.4) is 0 Å². The zero-order valence-corrected chi connectivity index (χ0v) is 15.5. The fraction of sp³-hybridized carbons (Fsp3) is 0.467. The number of amides is 2. The van der Waals surface area contributed by atoms with Gasteiger partial charge in [-0.3, -0.25) is 9.59 Å². The zero-order valence-electron chi connectivity index (χ0n) is 13.1. The van der Waals surface area contributed by atoms with Crippen LogP contribution in [0.2, 0.25) is 0 Å². The maximum absolute atomic E-state index is 13.1. The summed E-state index contributed by atoms with van der Waals surface area (Å²) < 4.78 is 13.6. The van der Waals surface area contributed by atoms with E-state index in [0.717, 1.165) is 12.6 Å². The molecule has 0 aromatic heterocycles. The molecule has 0 saturated heterocycles. The average Bonchev–Trinajstić information content (AvgIpc) is 2.48. The van der Waals surface area contributed by atoms with Gasteiger partial charge in [0.15, 0.2) is 0 Å². The summed E-state index contributed by atoms with van der Waals surface area (Å²) in [5, 5.41) is 8.56. The van der Waals surface area contributed by atoms with Crippen LogP contribution in [0.1, 0.15) is 30.6 Å². The molecule has 0 radical (unpaired) electrons. The van der Waals surface area contributed by atoms with E-state index in [2.05, 4.69) is 31.9 Å². The number of hydrogen-bond acceptors (Lipinski definition) is 3. The van der Waals surface area contributed by atoms with Crippen molar-refractivity contribution in [1.82, 2.24) is 16.0 Å². The van der Waals surface area contributed by atoms with Gasteiger partial charge in [0, 0.05) is 30.0 Å². The SMILES string of the molecule is CCN[C@H](C)CNC(=O)CCNC(=O)c1cc(F)ccc1Br.Cl. The summed E-state index contributed by atoms with van der Waals surface area (Å²) in [5.41, 5.74) is 0.209. The summed E-state index contributed by atoms with van der Waals surface area (Å²) in [6.07, 6.45) is 0.178. The molecule has 0 bridgehead atoms. The number of hydrogen-bond donors (Lipinski definition) is 3. The molecule has 23 heavy (non-hydrogen) atoms. The quantitative estimate of drug-likeness (QED) is 0.615. The summed E-state index contributed by atoms with van der Waals surface area (Å²) in [6.45, 7) is 5.56. The molecular formula is C15H22BrClFN3O2. The van der Waals surface area contributed by atoms with Crippen LogP contribution in [0, 0.1) is 5.82 Å². The van der Waals surface area contributed by atoms with E-state index in [9.17, 15) is 14.0 Å². The Bertz CT molecular complexity index is 531. The maximum atomic E-state index is 13.1. The van der Waals surface area contributed by atoms with Crippen molar-refractivity contribution < 1.29 is 14.0 Å². The first-order valence-electron chi connectivity index (χ1n) is 7.17. The summed E-state index contributed by atoms with van der Waals surface area (Å²) in [5.74, 6) is -1.04. The minimum absolute atomic E-state index is 0. The number of halogens is 3. The Hall–Kier alpha value is -1.18. The van der Waals surface area contributed by atoms with Gasteiger partial charge in [0.25, 0.3) is 5.91 Å². The Balaban J connectivity index is 0.00000484. The summed E-state index contributed by atoms with van der Waals surface area (Å²) in [4.78, 5) is 23.5. The molecule has 130 valence electrons. The number of likely N-dealkylation sites (N-methyl/N-ethyl adjacent to an activating group) is 1. The lowest BCUT2D eigenvalue weighted by Gasteiger charge is -2.13. The predicted molar refractivity (Wildman–Crippen MR) is 94.4 cm³/mol. The van der Waals surface area contributed by atoms with Crippen molar-refractivity contribution in [3.8, 4) is 0 Å². The fourth-order valence-corrected chi connectivity index (χ4v) is 2.26. The van der Waals surface area contributed by atoms with Crippen molar-refractivity contribution in [1.29, 1.82) is 0 Å². The largest absolute Gasteiger partial charge is 0.354 e. The van der Waals surface area contributed by atoms with Crippen LogP contribution in [-0.2, 0) is 4.79 Å². The highest BCUT2D eigenvalue weighted by Crippen LogP contribution is 2.17. The van der Waals surface area contributed by atoms with Crippen LogP contribution in [-0.4, -0.2) is 37.5 Å². The third-order valence-corrected chi connectivity index (χ3v) is 3.66. The van der Waals surface area contributed by atoms with E-state index in [-0.39, 0.29) is 42.9 Å². The fourth-order valence-electron chi connectivity index (χ4n) is 1.83. The molecule has 0 aliphatic carbocycles. The van der Waals surface area contributed by atoms with E-state index < -0.39 is 11.7 Å². The molecule has 1 rings (SSSR count). The number of rotatable bonds is 8. The molecule has 3 N–H and O–H groups in total. The van der Waals surface area contributed by atoms with Gasteiger partial charge >= 0.3 is 0 Å². The Kier molecular flexibility index (Phi) is 10.8. The van der Waals surface area contributed by atoms with Gasteiger partial charge < -0.3 is 16.0 Å². The first-order chi connectivity index (χ1) is 10.4. The zero-order chi connectivity index (χ0) is 16.5. The summed E-state index contributed by atoms with van der Waals surface area (Å²) in [7, 11) is 0. The van der Waals surface area contributed by atoms with Gasteiger partial charge in [-0.25, -0.2) is 4.39 Å². The predicted octanol–water partition coefficient (Wildman–Crippen LogP) is 2.24. The van der Waals surface area contributed by atoms with Gasteiger partial charge in [-0.05, 0) is 47.6 Å². The molecule has 0 spiro atoms. The Labute approximate surface area is 150 Å². The third-order valence-electron chi connectivity index (χ3n) is 2.97. The lowest BCUT2D eigenvalue weighted by Crippen LogP contribution is -2.39. The monoisotopic (exact) mass is 409 g/mol. The second-order valence-corrected chi connectivity index (χ2v) is 5.75. The van der Waals surface area contributed by atoms with Crippen molar-refractivity contribution in [3.63, 3.8) is 0 Å². The van der Waals surface area contributed by atoms with Crippen molar-refractivity contribution in [2.45, 2.75) is 26.3 Å². The highest BCUT2D eigenvalue weighted by atomic mass is 79.9. The van der Waals surface area contributed by atoms with E-state index in [4.69, 9.17) is 0 Å². The minimum Gasteiger partial charge on any atom is -0.354 e. The molecule has 0 saturated carbocycles. The van der Waals surface area contributed by atoms with Gasteiger partial charge in [-0.2, -0.15) is 0 Å². The highest BCUT2D eigenvalue weighted by molar-refractivity contribution is 9.10. The topological polar surface area (TPSA) is 70.2 Å². The first kappa shape index (κ1) is 21.8. The molecule has 2 amide bonds. The standard InChI is InChI=1S/C15H21BrFN3O2.ClH/c1-3-18-10(2)9-20-14(21)6-7-19-15(22)12-8-11(17)4-5-13(12)16;/h4-5,8,10,18H,3,6-7,9H2,1-2H3,(H,19,22)(H,20,21);1H/t10-;/m1./s1. The Morgan fingerprint density at radius 3 is 2.65 bits per heavy atom. The van der Waals surface area contributed by atoms with Gasteiger partial charge in [-0.15, -0.1) is 12.4 Å². The van der Waals surface area contributed by atoms with E-state index in [1.165, 1.54) is 12.1 Å². The number of carbonyl (C=O) groups excluding carboxylic acids is 2. The van der Waals surface area contributed by atoms with Crippen LogP contribution in [0.15, 0.2) is 22.7 Å². The summed E-state index contributed by atoms with van der Waals surface area (Å²) >= 11 is 3.19. The molecule has 0 unspecified atom stereocenters. The van der Waals surface area contributed by atoms with Gasteiger partial charge in [0.05, 0.1) is 5.56 Å². The average molecular weight is 411 g/mol. The number of benzene rings is 1. The minimum atomic E-state index is -0.483. The van der Waals surface area contributed by atoms with E-state index >= 15 is 0 Å². The molecular weight excluding hydrogens is 389 g/mol. The lowest BCUT2D eigenvalue weighted by atomic mass is 10.2. The molecule has 5 nitrogen and oxygen atoms in total. The second-order valence-electron chi connectivity index (χ2n) is 4.89. The van der Waals surface area contributed by atoms with Crippen molar-refractivity contribution in [2.75, 3.05) is 19.6 Å². The molecule has 1 aromatic carbocycles. The molecule has 0 aliphatic heterocycles. The van der Waals surface area contributed by atoms with Crippen molar-refractivity contribution in [3.05, 3.63) is 34.1 Å². The first-order valence-corrected chi connectivity index (χ1v) is 7.96. The van der Waals surface area contributed by atoms with Crippen LogP contribution in [0.25, 0.3) is 0 Å². The van der Waals surface area contributed by atoms with Crippen LogP contribution >= 0.6 is 28.3 Å². The van der Waals surface area contributed by atoms with Crippen LogP contribution in [0.4, 0.5) is 4.39 Å². The van der Waals surface area contributed by atoms with Crippen molar-refractivity contribution in [2.24, 2.45) is 0 Å². The Morgan fingerprint density at radius 1 is 1.30 bits per heavy atom. The molecule has 0 aliphatic rings. The van der Waals surface area contributed by atoms with E-state index in [0.29, 0.717) is 11.0 Å². The van der Waals surface area contributed by atoms with Gasteiger partial charge in [0.1, 0.15) is 5.82 Å². The third kappa shape index (κ3) is 8.29. The molecule has 1 aromatic rings. The van der Waals surface area contributed by atoms with Crippen LogP contribution in [0.5, 0.6) is 0 Å².